The summed E-state index contributed by atoms with van der Waals surface area (Å²) in [5, 5.41) is 3.65. The zero-order valence-corrected chi connectivity index (χ0v) is 12.0. The van der Waals surface area contributed by atoms with Crippen LogP contribution in [0.3, 0.4) is 0 Å². The largest absolute Gasteiger partial charge is 0.480 e. The smallest absolute Gasteiger partial charge is 0.232 e. The molecule has 0 amide bonds. The Hall–Kier alpha value is -0.550. The summed E-state index contributed by atoms with van der Waals surface area (Å²) in [7, 11) is 1.59. The number of alkyl halides is 1. The number of anilines is 1. The van der Waals surface area contributed by atoms with Crippen molar-refractivity contribution in [2.24, 2.45) is 0 Å². The van der Waals surface area contributed by atoms with Gasteiger partial charge < -0.3 is 10.1 Å². The molecule has 1 N–H and O–H groups in total. The Bertz CT molecular complexity index is 383. The van der Waals surface area contributed by atoms with E-state index in [4.69, 9.17) is 16.3 Å². The fraction of sp³-hybridized carbons (Fsp3) is 0.636. The van der Waals surface area contributed by atoms with Crippen LogP contribution in [0.5, 0.6) is 5.88 Å². The van der Waals surface area contributed by atoms with Crippen LogP contribution >= 0.6 is 27.5 Å². The van der Waals surface area contributed by atoms with Crippen molar-refractivity contribution in [2.45, 2.75) is 37.1 Å². The summed E-state index contributed by atoms with van der Waals surface area (Å²) in [5.41, 5.74) is 0. The molecule has 1 heterocycles. The molecule has 0 spiro atoms. The van der Waals surface area contributed by atoms with E-state index in [1.165, 1.54) is 0 Å². The van der Waals surface area contributed by atoms with Crippen LogP contribution in [0, 0.1) is 0 Å². The molecule has 1 fully saturated rings. The lowest BCUT2D eigenvalue weighted by Crippen LogP contribution is -2.27. The number of hydrogen-bond donors (Lipinski definition) is 1. The lowest BCUT2D eigenvalue weighted by atomic mass is 9.95. The van der Waals surface area contributed by atoms with E-state index in [1.807, 2.05) is 0 Å². The number of rotatable bonds is 3. The Morgan fingerprint density at radius 3 is 2.76 bits per heavy atom. The molecule has 1 saturated carbocycles. The standard InChI is InChI=1S/C11H15BrClN3O/c1-17-10-9(12)6-14-11(16-10)15-8-4-2-7(13)3-5-8/h6-8H,2-5H2,1H3,(H,14,15,16). The first kappa shape index (κ1) is 12.9. The number of halogens is 2. The zero-order chi connectivity index (χ0) is 12.3. The molecule has 0 aromatic carbocycles. The van der Waals surface area contributed by atoms with Crippen LogP contribution in [0.25, 0.3) is 0 Å². The van der Waals surface area contributed by atoms with Crippen molar-refractivity contribution in [1.29, 1.82) is 0 Å². The summed E-state index contributed by atoms with van der Waals surface area (Å²) in [4.78, 5) is 8.50. The molecule has 0 bridgehead atoms. The molecular weight excluding hydrogens is 305 g/mol. The van der Waals surface area contributed by atoms with Crippen molar-refractivity contribution >= 4 is 33.5 Å². The predicted molar refractivity (Wildman–Crippen MR) is 71.8 cm³/mol. The quantitative estimate of drug-likeness (QED) is 0.869. The first-order chi connectivity index (χ1) is 8.19. The molecule has 0 unspecified atom stereocenters. The number of methoxy groups -OCH3 is 1. The van der Waals surface area contributed by atoms with Gasteiger partial charge in [-0.05, 0) is 41.6 Å². The third kappa shape index (κ3) is 3.45. The number of hydrogen-bond acceptors (Lipinski definition) is 4. The summed E-state index contributed by atoms with van der Waals surface area (Å²) >= 11 is 9.40. The topological polar surface area (TPSA) is 47.0 Å². The lowest BCUT2D eigenvalue weighted by molar-refractivity contribution is 0.393. The van der Waals surface area contributed by atoms with Crippen LogP contribution in [0.4, 0.5) is 5.95 Å². The van der Waals surface area contributed by atoms with Gasteiger partial charge in [0.2, 0.25) is 11.8 Å². The average Bonchev–Trinajstić information content (AvgIpc) is 2.34. The van der Waals surface area contributed by atoms with Crippen LogP contribution in [-0.2, 0) is 0 Å². The summed E-state index contributed by atoms with van der Waals surface area (Å²) in [6.45, 7) is 0. The Labute approximate surface area is 114 Å². The predicted octanol–water partition coefficient (Wildman–Crippen LogP) is 3.21. The second kappa shape index (κ2) is 5.87. The highest BCUT2D eigenvalue weighted by atomic mass is 79.9. The van der Waals surface area contributed by atoms with Gasteiger partial charge in [0.1, 0.15) is 0 Å². The monoisotopic (exact) mass is 319 g/mol. The van der Waals surface area contributed by atoms with Gasteiger partial charge in [-0.1, -0.05) is 0 Å². The minimum absolute atomic E-state index is 0.327. The second-order valence-corrected chi connectivity index (χ2v) is 5.62. The SMILES string of the molecule is COc1nc(NC2CCC(Cl)CC2)ncc1Br. The maximum absolute atomic E-state index is 6.07. The first-order valence-electron chi connectivity index (χ1n) is 5.66. The molecule has 0 saturated heterocycles. The zero-order valence-electron chi connectivity index (χ0n) is 9.62. The van der Waals surface area contributed by atoms with E-state index in [1.54, 1.807) is 13.3 Å². The highest BCUT2D eigenvalue weighted by Crippen LogP contribution is 2.26. The first-order valence-corrected chi connectivity index (χ1v) is 6.89. The van der Waals surface area contributed by atoms with Crippen molar-refractivity contribution in [2.75, 3.05) is 12.4 Å². The van der Waals surface area contributed by atoms with E-state index in [2.05, 4.69) is 31.2 Å². The van der Waals surface area contributed by atoms with Gasteiger partial charge in [0.15, 0.2) is 0 Å². The van der Waals surface area contributed by atoms with Gasteiger partial charge in [-0.2, -0.15) is 4.98 Å². The molecule has 1 aliphatic rings. The molecule has 1 aromatic rings. The Kier molecular flexibility index (Phi) is 4.45. The van der Waals surface area contributed by atoms with Crippen LogP contribution in [0.15, 0.2) is 10.7 Å². The Balaban J connectivity index is 1.99. The van der Waals surface area contributed by atoms with Gasteiger partial charge in [-0.3, -0.25) is 0 Å². The second-order valence-electron chi connectivity index (χ2n) is 4.14. The van der Waals surface area contributed by atoms with E-state index in [-0.39, 0.29) is 0 Å². The lowest BCUT2D eigenvalue weighted by Gasteiger charge is -2.25. The van der Waals surface area contributed by atoms with E-state index >= 15 is 0 Å². The van der Waals surface area contributed by atoms with Crippen LogP contribution in [-0.4, -0.2) is 28.5 Å². The summed E-state index contributed by atoms with van der Waals surface area (Å²) in [5.74, 6) is 1.16. The maximum atomic E-state index is 6.07. The Morgan fingerprint density at radius 1 is 1.41 bits per heavy atom. The molecule has 1 aliphatic carbocycles. The third-order valence-electron chi connectivity index (χ3n) is 2.90. The summed E-state index contributed by atoms with van der Waals surface area (Å²) < 4.78 is 5.89. The average molecular weight is 321 g/mol. The molecule has 2 rings (SSSR count). The highest BCUT2D eigenvalue weighted by Gasteiger charge is 2.20. The molecule has 17 heavy (non-hydrogen) atoms. The number of nitrogens with zero attached hydrogens (tertiary/aromatic N) is 2. The molecule has 4 nitrogen and oxygen atoms in total. The van der Waals surface area contributed by atoms with Gasteiger partial charge in [-0.25, -0.2) is 4.98 Å². The molecule has 94 valence electrons. The van der Waals surface area contributed by atoms with Crippen molar-refractivity contribution in [3.63, 3.8) is 0 Å². The third-order valence-corrected chi connectivity index (χ3v) is 3.88. The van der Waals surface area contributed by atoms with Crippen molar-refractivity contribution in [3.05, 3.63) is 10.7 Å². The van der Waals surface area contributed by atoms with Crippen molar-refractivity contribution in [1.82, 2.24) is 9.97 Å². The van der Waals surface area contributed by atoms with Crippen molar-refractivity contribution < 1.29 is 4.74 Å². The van der Waals surface area contributed by atoms with Gasteiger partial charge in [0.05, 0.1) is 17.8 Å². The minimum Gasteiger partial charge on any atom is -0.480 e. The molecule has 0 radical (unpaired) electrons. The highest BCUT2D eigenvalue weighted by molar-refractivity contribution is 9.10. The molecule has 6 heteroatoms. The molecule has 0 atom stereocenters. The fourth-order valence-electron chi connectivity index (χ4n) is 1.94. The summed E-state index contributed by atoms with van der Waals surface area (Å²) in [6.07, 6.45) is 5.92. The minimum atomic E-state index is 0.327. The normalized spacial score (nSPS) is 24.4. The van der Waals surface area contributed by atoms with Crippen LogP contribution < -0.4 is 10.1 Å². The van der Waals surface area contributed by atoms with E-state index in [9.17, 15) is 0 Å². The van der Waals surface area contributed by atoms with Crippen molar-refractivity contribution in [3.8, 4) is 5.88 Å². The van der Waals surface area contributed by atoms with Gasteiger partial charge in [0, 0.05) is 11.4 Å². The fourth-order valence-corrected chi connectivity index (χ4v) is 2.55. The van der Waals surface area contributed by atoms with E-state index in [0.29, 0.717) is 23.2 Å². The molecule has 1 aromatic heterocycles. The van der Waals surface area contributed by atoms with E-state index < -0.39 is 0 Å². The number of nitrogens with one attached hydrogen (secondary N) is 1. The molecule has 0 aliphatic heterocycles. The molecular formula is C11H15BrClN3O. The van der Waals surface area contributed by atoms with Gasteiger partial charge >= 0.3 is 0 Å². The van der Waals surface area contributed by atoms with Gasteiger partial charge in [0.25, 0.3) is 0 Å². The van der Waals surface area contributed by atoms with Crippen LogP contribution in [0.1, 0.15) is 25.7 Å². The Morgan fingerprint density at radius 2 is 2.12 bits per heavy atom. The number of ether oxygens (including phenoxy) is 1. The number of aromatic nitrogens is 2. The maximum Gasteiger partial charge on any atom is 0.232 e. The van der Waals surface area contributed by atoms with Gasteiger partial charge in [-0.15, -0.1) is 11.6 Å². The van der Waals surface area contributed by atoms with E-state index in [0.717, 1.165) is 30.2 Å². The van der Waals surface area contributed by atoms with Crippen LogP contribution in [0.2, 0.25) is 0 Å². The summed E-state index contributed by atoms with van der Waals surface area (Å²) in [6, 6.07) is 0.413.